The molecule has 1 N–H and O–H groups in total. The Labute approximate surface area is 99.3 Å². The lowest BCUT2D eigenvalue weighted by molar-refractivity contribution is 0.102. The van der Waals surface area contributed by atoms with Crippen molar-refractivity contribution in [1.29, 1.82) is 0 Å². The fourth-order valence-corrected chi connectivity index (χ4v) is 1.39. The van der Waals surface area contributed by atoms with E-state index in [2.05, 4.69) is 10.3 Å². The van der Waals surface area contributed by atoms with Crippen LogP contribution < -0.4 is 10.1 Å². The quantitative estimate of drug-likeness (QED) is 0.877. The summed E-state index contributed by atoms with van der Waals surface area (Å²) in [6, 6.07) is 12.4. The third-order valence-electron chi connectivity index (χ3n) is 2.23. The van der Waals surface area contributed by atoms with Gasteiger partial charge in [-0.25, -0.2) is 0 Å². The molecule has 2 aromatic rings. The predicted molar refractivity (Wildman–Crippen MR) is 65.2 cm³/mol. The first-order valence-electron chi connectivity index (χ1n) is 5.16. The first kappa shape index (κ1) is 11.1. The highest BCUT2D eigenvalue weighted by molar-refractivity contribution is 6.02. The molecule has 0 unspecified atom stereocenters. The van der Waals surface area contributed by atoms with Crippen molar-refractivity contribution in [2.45, 2.75) is 0 Å². The van der Waals surface area contributed by atoms with E-state index in [1.54, 1.807) is 43.6 Å². The average molecular weight is 228 g/mol. The van der Waals surface area contributed by atoms with Crippen LogP contribution in [0.2, 0.25) is 0 Å². The van der Waals surface area contributed by atoms with Gasteiger partial charge in [0.05, 0.1) is 7.11 Å². The molecule has 86 valence electrons. The van der Waals surface area contributed by atoms with Gasteiger partial charge in [0.15, 0.2) is 0 Å². The number of carbonyl (C=O) groups is 1. The zero-order valence-corrected chi connectivity index (χ0v) is 9.38. The summed E-state index contributed by atoms with van der Waals surface area (Å²) < 4.78 is 5.08. The van der Waals surface area contributed by atoms with Crippen LogP contribution in [0.5, 0.6) is 5.75 Å². The molecule has 4 nitrogen and oxygen atoms in total. The normalized spacial score (nSPS) is 9.71. The molecule has 0 spiro atoms. The number of hydrogen-bond donors (Lipinski definition) is 1. The van der Waals surface area contributed by atoms with E-state index < -0.39 is 0 Å². The van der Waals surface area contributed by atoms with Gasteiger partial charge in [-0.2, -0.15) is 0 Å². The van der Waals surface area contributed by atoms with Crippen LogP contribution in [0.3, 0.4) is 0 Å². The number of methoxy groups -OCH3 is 1. The molecule has 4 heteroatoms. The van der Waals surface area contributed by atoms with Gasteiger partial charge in [0.1, 0.15) is 11.4 Å². The number of carbonyl (C=O) groups excluding carboxylic acids is 1. The monoisotopic (exact) mass is 228 g/mol. The van der Waals surface area contributed by atoms with Gasteiger partial charge in [-0.1, -0.05) is 12.1 Å². The molecule has 17 heavy (non-hydrogen) atoms. The summed E-state index contributed by atoms with van der Waals surface area (Å²) in [5, 5.41) is 2.75. The summed E-state index contributed by atoms with van der Waals surface area (Å²) in [4.78, 5) is 15.8. The van der Waals surface area contributed by atoms with Crippen LogP contribution in [0.1, 0.15) is 10.5 Å². The highest BCUT2D eigenvalue weighted by Gasteiger charge is 2.06. The Balaban J connectivity index is 2.13. The van der Waals surface area contributed by atoms with E-state index in [1.165, 1.54) is 0 Å². The molecule has 1 heterocycles. The lowest BCUT2D eigenvalue weighted by Gasteiger charge is -2.06. The highest BCUT2D eigenvalue weighted by atomic mass is 16.5. The zero-order chi connectivity index (χ0) is 12.1. The van der Waals surface area contributed by atoms with E-state index in [1.807, 2.05) is 12.1 Å². The second kappa shape index (κ2) is 5.12. The van der Waals surface area contributed by atoms with E-state index in [0.717, 1.165) is 0 Å². The van der Waals surface area contributed by atoms with Crippen molar-refractivity contribution in [2.24, 2.45) is 0 Å². The number of nitrogens with zero attached hydrogens (tertiary/aromatic N) is 1. The molecule has 0 radical (unpaired) electrons. The Kier molecular flexibility index (Phi) is 3.35. The number of rotatable bonds is 3. The molecule has 1 aromatic carbocycles. The van der Waals surface area contributed by atoms with Crippen LogP contribution in [0.4, 0.5) is 5.69 Å². The van der Waals surface area contributed by atoms with Crippen molar-refractivity contribution in [2.75, 3.05) is 12.4 Å². The minimum atomic E-state index is -0.237. The van der Waals surface area contributed by atoms with Gasteiger partial charge in [0.25, 0.3) is 5.91 Å². The van der Waals surface area contributed by atoms with Gasteiger partial charge in [-0.05, 0) is 24.3 Å². The first-order chi connectivity index (χ1) is 8.29. The summed E-state index contributed by atoms with van der Waals surface area (Å²) in [7, 11) is 1.58. The van der Waals surface area contributed by atoms with Gasteiger partial charge in [0, 0.05) is 18.0 Å². The topological polar surface area (TPSA) is 51.2 Å². The van der Waals surface area contributed by atoms with Gasteiger partial charge in [-0.3, -0.25) is 9.78 Å². The third kappa shape index (κ3) is 2.81. The van der Waals surface area contributed by atoms with Gasteiger partial charge in [-0.15, -0.1) is 0 Å². The minimum Gasteiger partial charge on any atom is -0.497 e. The molecule has 0 atom stereocenters. The van der Waals surface area contributed by atoms with Crippen molar-refractivity contribution >= 4 is 11.6 Å². The number of ether oxygens (including phenoxy) is 1. The predicted octanol–water partition coefficient (Wildman–Crippen LogP) is 2.34. The van der Waals surface area contributed by atoms with Crippen molar-refractivity contribution in [3.05, 3.63) is 54.4 Å². The van der Waals surface area contributed by atoms with Crippen molar-refractivity contribution in [1.82, 2.24) is 4.98 Å². The number of anilines is 1. The van der Waals surface area contributed by atoms with Crippen LogP contribution in [0.15, 0.2) is 48.7 Å². The summed E-state index contributed by atoms with van der Waals surface area (Å²) in [5.74, 6) is 0.461. The average Bonchev–Trinajstić information content (AvgIpc) is 2.40. The largest absolute Gasteiger partial charge is 0.497 e. The maximum Gasteiger partial charge on any atom is 0.274 e. The van der Waals surface area contributed by atoms with Crippen molar-refractivity contribution in [3.63, 3.8) is 0 Å². The molecule has 0 aliphatic rings. The molecular weight excluding hydrogens is 216 g/mol. The number of amides is 1. The summed E-state index contributed by atoms with van der Waals surface area (Å²) in [6.07, 6.45) is 1.58. The van der Waals surface area contributed by atoms with Crippen LogP contribution in [-0.4, -0.2) is 18.0 Å². The molecule has 0 aliphatic carbocycles. The van der Waals surface area contributed by atoms with E-state index in [4.69, 9.17) is 4.74 Å². The molecule has 2 rings (SSSR count). The fourth-order valence-electron chi connectivity index (χ4n) is 1.39. The standard InChI is InChI=1S/C13H12N2O2/c1-17-11-6-4-5-10(9-11)15-13(16)12-7-2-3-8-14-12/h2-9H,1H3,(H,15,16). The van der Waals surface area contributed by atoms with Gasteiger partial charge >= 0.3 is 0 Å². The van der Waals surface area contributed by atoms with E-state index >= 15 is 0 Å². The van der Waals surface area contributed by atoms with E-state index in [0.29, 0.717) is 17.1 Å². The van der Waals surface area contributed by atoms with E-state index in [9.17, 15) is 4.79 Å². The molecule has 0 aliphatic heterocycles. The van der Waals surface area contributed by atoms with Crippen molar-refractivity contribution < 1.29 is 9.53 Å². The van der Waals surface area contributed by atoms with Crippen LogP contribution in [0, 0.1) is 0 Å². The third-order valence-corrected chi connectivity index (χ3v) is 2.23. The maximum absolute atomic E-state index is 11.8. The Hall–Kier alpha value is -2.36. The number of pyridine rings is 1. The SMILES string of the molecule is COc1cccc(NC(=O)c2ccccn2)c1. The van der Waals surface area contributed by atoms with Crippen LogP contribution in [0.25, 0.3) is 0 Å². The first-order valence-corrected chi connectivity index (χ1v) is 5.16. The number of aromatic nitrogens is 1. The molecule has 0 saturated heterocycles. The molecular formula is C13H12N2O2. The number of benzene rings is 1. The Bertz CT molecular complexity index is 512. The summed E-state index contributed by atoms with van der Waals surface area (Å²) in [5.41, 5.74) is 1.07. The number of nitrogens with one attached hydrogen (secondary N) is 1. The van der Waals surface area contributed by atoms with Crippen molar-refractivity contribution in [3.8, 4) is 5.75 Å². The van der Waals surface area contributed by atoms with Gasteiger partial charge in [0.2, 0.25) is 0 Å². The number of hydrogen-bond acceptors (Lipinski definition) is 3. The molecule has 0 fully saturated rings. The lowest BCUT2D eigenvalue weighted by atomic mass is 10.3. The Morgan fingerprint density at radius 1 is 1.24 bits per heavy atom. The lowest BCUT2D eigenvalue weighted by Crippen LogP contribution is -2.13. The maximum atomic E-state index is 11.8. The second-order valence-corrected chi connectivity index (χ2v) is 3.40. The summed E-state index contributed by atoms with van der Waals surface area (Å²) in [6.45, 7) is 0. The smallest absolute Gasteiger partial charge is 0.274 e. The van der Waals surface area contributed by atoms with E-state index in [-0.39, 0.29) is 5.91 Å². The molecule has 0 bridgehead atoms. The highest BCUT2D eigenvalue weighted by Crippen LogP contribution is 2.17. The zero-order valence-electron chi connectivity index (χ0n) is 9.38. The Morgan fingerprint density at radius 2 is 2.12 bits per heavy atom. The minimum absolute atomic E-state index is 0.237. The Morgan fingerprint density at radius 3 is 2.82 bits per heavy atom. The van der Waals surface area contributed by atoms with Crippen LogP contribution >= 0.6 is 0 Å². The fraction of sp³-hybridized carbons (Fsp3) is 0.0769. The molecule has 0 saturated carbocycles. The second-order valence-electron chi connectivity index (χ2n) is 3.40. The molecule has 1 amide bonds. The van der Waals surface area contributed by atoms with Gasteiger partial charge < -0.3 is 10.1 Å². The summed E-state index contributed by atoms with van der Waals surface area (Å²) >= 11 is 0. The van der Waals surface area contributed by atoms with Crippen LogP contribution in [-0.2, 0) is 0 Å². The molecule has 1 aromatic heterocycles.